The van der Waals surface area contributed by atoms with Gasteiger partial charge in [0.1, 0.15) is 16.5 Å². The van der Waals surface area contributed by atoms with Crippen molar-refractivity contribution in [3.8, 4) is 5.75 Å². The number of methoxy groups -OCH3 is 1. The van der Waals surface area contributed by atoms with Crippen LogP contribution in [0.2, 0.25) is 5.02 Å². The lowest BCUT2D eigenvalue weighted by atomic mass is 10.3. The third kappa shape index (κ3) is 2.29. The first-order chi connectivity index (χ1) is 6.36. The van der Waals surface area contributed by atoms with E-state index in [0.717, 1.165) is 12.1 Å². The average Bonchev–Trinajstić information content (AvgIpc) is 2.07. The SMILES string of the molecule is COc1cc(F)c(Cl)c(S(=O)(=O)Cl)c1. The Morgan fingerprint density at radius 1 is 1.43 bits per heavy atom. The molecule has 3 nitrogen and oxygen atoms in total. The average molecular weight is 259 g/mol. The van der Waals surface area contributed by atoms with Gasteiger partial charge in [0, 0.05) is 22.8 Å². The van der Waals surface area contributed by atoms with Crippen molar-refractivity contribution in [2.45, 2.75) is 4.90 Å². The number of rotatable bonds is 2. The highest BCUT2D eigenvalue weighted by molar-refractivity contribution is 8.13. The minimum atomic E-state index is -4.07. The molecular weight excluding hydrogens is 254 g/mol. The van der Waals surface area contributed by atoms with E-state index in [4.69, 9.17) is 22.3 Å². The molecular formula is C7H5Cl2FO3S. The summed E-state index contributed by atoms with van der Waals surface area (Å²) in [5.74, 6) is -0.864. The van der Waals surface area contributed by atoms with Gasteiger partial charge < -0.3 is 4.74 Å². The summed E-state index contributed by atoms with van der Waals surface area (Å²) in [7, 11) is 2.23. The van der Waals surface area contributed by atoms with Crippen LogP contribution in [0, 0.1) is 5.82 Å². The van der Waals surface area contributed by atoms with Crippen molar-refractivity contribution in [1.82, 2.24) is 0 Å². The maximum absolute atomic E-state index is 13.0. The zero-order valence-corrected chi connectivity index (χ0v) is 9.25. The van der Waals surface area contributed by atoms with Crippen molar-refractivity contribution in [1.29, 1.82) is 0 Å². The van der Waals surface area contributed by atoms with Gasteiger partial charge in [-0.2, -0.15) is 0 Å². The van der Waals surface area contributed by atoms with Crippen LogP contribution in [0.15, 0.2) is 17.0 Å². The largest absolute Gasteiger partial charge is 0.497 e. The van der Waals surface area contributed by atoms with Gasteiger partial charge in [-0.1, -0.05) is 11.6 Å². The highest BCUT2D eigenvalue weighted by Crippen LogP contribution is 2.31. The highest BCUT2D eigenvalue weighted by Gasteiger charge is 2.19. The van der Waals surface area contributed by atoms with E-state index in [9.17, 15) is 12.8 Å². The monoisotopic (exact) mass is 258 g/mol. The number of hydrogen-bond donors (Lipinski definition) is 0. The lowest BCUT2D eigenvalue weighted by Gasteiger charge is -2.04. The van der Waals surface area contributed by atoms with Crippen LogP contribution in [0.4, 0.5) is 4.39 Å². The van der Waals surface area contributed by atoms with E-state index in [1.54, 1.807) is 0 Å². The smallest absolute Gasteiger partial charge is 0.263 e. The van der Waals surface area contributed by atoms with Crippen LogP contribution in [0.1, 0.15) is 0 Å². The van der Waals surface area contributed by atoms with Gasteiger partial charge >= 0.3 is 0 Å². The van der Waals surface area contributed by atoms with Crippen molar-refractivity contribution >= 4 is 31.3 Å². The Hall–Kier alpha value is -0.520. The lowest BCUT2D eigenvalue weighted by molar-refractivity contribution is 0.409. The molecule has 0 saturated heterocycles. The highest BCUT2D eigenvalue weighted by atomic mass is 35.7. The van der Waals surface area contributed by atoms with E-state index in [1.807, 2.05) is 0 Å². The van der Waals surface area contributed by atoms with Crippen LogP contribution in [0.5, 0.6) is 5.75 Å². The zero-order chi connectivity index (χ0) is 10.9. The second-order valence-electron chi connectivity index (χ2n) is 2.36. The van der Waals surface area contributed by atoms with E-state index >= 15 is 0 Å². The Morgan fingerprint density at radius 2 is 2.00 bits per heavy atom. The normalized spacial score (nSPS) is 11.4. The number of hydrogen-bond acceptors (Lipinski definition) is 3. The molecule has 0 spiro atoms. The fourth-order valence-electron chi connectivity index (χ4n) is 0.835. The Balaban J connectivity index is 3.51. The molecule has 0 aliphatic carbocycles. The first-order valence-corrected chi connectivity index (χ1v) is 6.02. The molecule has 0 aromatic heterocycles. The second-order valence-corrected chi connectivity index (χ2v) is 5.27. The zero-order valence-electron chi connectivity index (χ0n) is 6.92. The summed E-state index contributed by atoms with van der Waals surface area (Å²) >= 11 is 5.41. The van der Waals surface area contributed by atoms with E-state index in [0.29, 0.717) is 0 Å². The molecule has 1 aromatic carbocycles. The molecule has 0 unspecified atom stereocenters. The maximum Gasteiger partial charge on any atom is 0.263 e. The molecule has 0 bridgehead atoms. The summed E-state index contributed by atoms with van der Waals surface area (Å²) < 4.78 is 39.6. The first-order valence-electron chi connectivity index (χ1n) is 3.34. The van der Waals surface area contributed by atoms with Crippen molar-refractivity contribution in [2.75, 3.05) is 7.11 Å². The van der Waals surface area contributed by atoms with E-state index in [-0.39, 0.29) is 5.75 Å². The predicted molar refractivity (Wildman–Crippen MR) is 51.0 cm³/mol. The summed E-state index contributed by atoms with van der Waals surface area (Å²) in [5, 5.41) is -0.541. The molecule has 7 heteroatoms. The maximum atomic E-state index is 13.0. The molecule has 1 rings (SSSR count). The Bertz CT molecular complexity index is 458. The van der Waals surface area contributed by atoms with Crippen molar-refractivity contribution in [3.05, 3.63) is 23.0 Å². The van der Waals surface area contributed by atoms with Crippen LogP contribution in [-0.2, 0) is 9.05 Å². The van der Waals surface area contributed by atoms with Crippen LogP contribution >= 0.6 is 22.3 Å². The van der Waals surface area contributed by atoms with Crippen molar-refractivity contribution in [3.63, 3.8) is 0 Å². The quantitative estimate of drug-likeness (QED) is 0.766. The summed E-state index contributed by atoms with van der Waals surface area (Å²) in [4.78, 5) is -0.502. The van der Waals surface area contributed by atoms with Crippen LogP contribution < -0.4 is 4.74 Å². The molecule has 1 aromatic rings. The number of halogens is 3. The van der Waals surface area contributed by atoms with Gasteiger partial charge in [0.15, 0.2) is 0 Å². The summed E-state index contributed by atoms with van der Waals surface area (Å²) in [6, 6.07) is 2.02. The molecule has 0 amide bonds. The third-order valence-corrected chi connectivity index (χ3v) is 3.31. The Morgan fingerprint density at radius 3 is 2.43 bits per heavy atom. The van der Waals surface area contributed by atoms with Gasteiger partial charge in [0.2, 0.25) is 0 Å². The van der Waals surface area contributed by atoms with Crippen molar-refractivity contribution in [2.24, 2.45) is 0 Å². The van der Waals surface area contributed by atoms with E-state index in [2.05, 4.69) is 4.74 Å². The standard InChI is InChI=1S/C7H5Cl2FO3S/c1-13-4-2-5(10)7(8)6(3-4)14(9,11)12/h2-3H,1H3. The Labute approximate surface area is 89.8 Å². The lowest BCUT2D eigenvalue weighted by Crippen LogP contribution is -1.96. The minimum absolute atomic E-state index is 0.0334. The number of benzene rings is 1. The summed E-state index contributed by atoms with van der Waals surface area (Å²) in [6.07, 6.45) is 0. The molecule has 0 atom stereocenters. The molecule has 0 aliphatic rings. The summed E-state index contributed by atoms with van der Waals surface area (Å²) in [5.41, 5.74) is 0. The van der Waals surface area contributed by atoms with Gasteiger partial charge in [-0.15, -0.1) is 0 Å². The topological polar surface area (TPSA) is 43.4 Å². The van der Waals surface area contributed by atoms with E-state index in [1.165, 1.54) is 7.11 Å². The molecule has 0 saturated carbocycles. The van der Waals surface area contributed by atoms with Crippen LogP contribution in [-0.4, -0.2) is 15.5 Å². The number of ether oxygens (including phenoxy) is 1. The fourth-order valence-corrected chi connectivity index (χ4v) is 2.30. The molecule has 0 heterocycles. The Kier molecular flexibility index (Phi) is 3.24. The first kappa shape index (κ1) is 11.6. The predicted octanol–water partition coefficient (Wildman–Crippen LogP) is 2.42. The van der Waals surface area contributed by atoms with Gasteiger partial charge in [-0.05, 0) is 0 Å². The van der Waals surface area contributed by atoms with E-state index < -0.39 is 24.8 Å². The molecule has 0 fully saturated rings. The van der Waals surface area contributed by atoms with Gasteiger partial charge in [-0.25, -0.2) is 12.8 Å². The molecule has 0 radical (unpaired) electrons. The van der Waals surface area contributed by atoms with Gasteiger partial charge in [-0.3, -0.25) is 0 Å². The molecule has 0 N–H and O–H groups in total. The fraction of sp³-hybridized carbons (Fsp3) is 0.143. The van der Waals surface area contributed by atoms with Crippen LogP contribution in [0.3, 0.4) is 0 Å². The van der Waals surface area contributed by atoms with Gasteiger partial charge in [0.05, 0.1) is 12.1 Å². The minimum Gasteiger partial charge on any atom is -0.497 e. The second kappa shape index (κ2) is 3.92. The molecule has 14 heavy (non-hydrogen) atoms. The van der Waals surface area contributed by atoms with Crippen LogP contribution in [0.25, 0.3) is 0 Å². The third-order valence-electron chi connectivity index (χ3n) is 1.47. The van der Waals surface area contributed by atoms with Gasteiger partial charge in [0.25, 0.3) is 9.05 Å². The molecule has 0 aliphatic heterocycles. The van der Waals surface area contributed by atoms with Crippen molar-refractivity contribution < 1.29 is 17.5 Å². The summed E-state index contributed by atoms with van der Waals surface area (Å²) in [6.45, 7) is 0. The molecule has 78 valence electrons.